The fraction of sp³-hybridized carbons (Fsp3) is 1.00. The molecule has 1 unspecified atom stereocenters. The van der Waals surface area contributed by atoms with Crippen LogP contribution in [0.3, 0.4) is 0 Å². The van der Waals surface area contributed by atoms with E-state index >= 15 is 0 Å². The highest BCUT2D eigenvalue weighted by Gasteiger charge is 2.30. The van der Waals surface area contributed by atoms with Crippen LogP contribution in [0.15, 0.2) is 0 Å². The summed E-state index contributed by atoms with van der Waals surface area (Å²) in [5.41, 5.74) is -0.0563. The van der Waals surface area contributed by atoms with Crippen LogP contribution in [0.2, 0.25) is 0 Å². The number of rotatable bonds is 5. The zero-order valence-corrected chi connectivity index (χ0v) is 9.14. The number of nitrogens with one attached hydrogen (secondary N) is 1. The van der Waals surface area contributed by atoms with Crippen LogP contribution in [-0.4, -0.2) is 23.3 Å². The van der Waals surface area contributed by atoms with E-state index in [1.807, 2.05) is 0 Å². The Morgan fingerprint density at radius 2 is 2.08 bits per heavy atom. The molecule has 0 aliphatic heterocycles. The second-order valence-electron chi connectivity index (χ2n) is 5.02. The van der Waals surface area contributed by atoms with Crippen molar-refractivity contribution in [2.24, 2.45) is 5.92 Å². The van der Waals surface area contributed by atoms with Crippen molar-refractivity contribution in [3.05, 3.63) is 0 Å². The van der Waals surface area contributed by atoms with Crippen LogP contribution < -0.4 is 5.32 Å². The average Bonchev–Trinajstić information content (AvgIpc) is 1.96. The van der Waals surface area contributed by atoms with Gasteiger partial charge in [0.2, 0.25) is 0 Å². The van der Waals surface area contributed by atoms with Crippen molar-refractivity contribution in [1.29, 1.82) is 0 Å². The van der Waals surface area contributed by atoms with Gasteiger partial charge in [0.25, 0.3) is 0 Å². The summed E-state index contributed by atoms with van der Waals surface area (Å²) in [6.45, 7) is 6.65. The minimum Gasteiger partial charge on any atom is -0.394 e. The highest BCUT2D eigenvalue weighted by Crippen LogP contribution is 2.33. The van der Waals surface area contributed by atoms with E-state index in [1.165, 1.54) is 19.3 Å². The first-order chi connectivity index (χ1) is 6.06. The van der Waals surface area contributed by atoms with Crippen molar-refractivity contribution < 1.29 is 5.11 Å². The summed E-state index contributed by atoms with van der Waals surface area (Å²) in [6.07, 6.45) is 5.22. The first-order valence-corrected chi connectivity index (χ1v) is 5.44. The minimum absolute atomic E-state index is 0.0563. The van der Waals surface area contributed by atoms with Crippen molar-refractivity contribution >= 4 is 0 Å². The summed E-state index contributed by atoms with van der Waals surface area (Å²) in [5, 5.41) is 12.8. The van der Waals surface area contributed by atoms with Crippen LogP contribution in [0.5, 0.6) is 0 Å². The van der Waals surface area contributed by atoms with Crippen LogP contribution in [0.25, 0.3) is 0 Å². The summed E-state index contributed by atoms with van der Waals surface area (Å²) in [6, 6.07) is 0.456. The Morgan fingerprint density at radius 3 is 2.38 bits per heavy atom. The average molecular weight is 185 g/mol. The molecule has 1 aliphatic rings. The van der Waals surface area contributed by atoms with Crippen molar-refractivity contribution in [3.63, 3.8) is 0 Å². The normalized spacial score (nSPS) is 22.8. The fourth-order valence-corrected chi connectivity index (χ4v) is 2.20. The van der Waals surface area contributed by atoms with E-state index in [0.29, 0.717) is 6.04 Å². The standard InChI is InChI=1S/C11H23NO/c1-9(2)12-11(3,8-13)7-10-5-4-6-10/h9-10,12-13H,4-8H2,1-3H3. The monoisotopic (exact) mass is 185 g/mol. The number of aliphatic hydroxyl groups excluding tert-OH is 1. The van der Waals surface area contributed by atoms with Gasteiger partial charge in [0.15, 0.2) is 0 Å². The Morgan fingerprint density at radius 1 is 1.46 bits per heavy atom. The lowest BCUT2D eigenvalue weighted by molar-refractivity contribution is 0.117. The summed E-state index contributed by atoms with van der Waals surface area (Å²) in [5.74, 6) is 0.850. The number of aliphatic hydroxyl groups is 1. The topological polar surface area (TPSA) is 32.3 Å². The zero-order chi connectivity index (χ0) is 9.90. The van der Waals surface area contributed by atoms with Gasteiger partial charge in [0.05, 0.1) is 6.61 Å². The molecular weight excluding hydrogens is 162 g/mol. The zero-order valence-electron chi connectivity index (χ0n) is 9.14. The second-order valence-corrected chi connectivity index (χ2v) is 5.02. The summed E-state index contributed by atoms with van der Waals surface area (Å²) in [4.78, 5) is 0. The van der Waals surface area contributed by atoms with E-state index in [-0.39, 0.29) is 12.1 Å². The lowest BCUT2D eigenvalue weighted by Crippen LogP contribution is -2.50. The lowest BCUT2D eigenvalue weighted by atomic mass is 9.76. The minimum atomic E-state index is -0.0563. The maximum atomic E-state index is 9.34. The predicted octanol–water partition coefficient (Wildman–Crippen LogP) is 1.93. The molecule has 1 fully saturated rings. The van der Waals surface area contributed by atoms with Crippen molar-refractivity contribution in [2.45, 2.75) is 58.0 Å². The van der Waals surface area contributed by atoms with Crippen molar-refractivity contribution in [3.8, 4) is 0 Å². The number of hydrogen-bond acceptors (Lipinski definition) is 2. The van der Waals surface area contributed by atoms with Gasteiger partial charge in [0, 0.05) is 11.6 Å². The molecule has 0 heterocycles. The molecule has 0 aromatic carbocycles. The Balaban J connectivity index is 2.37. The van der Waals surface area contributed by atoms with Gasteiger partial charge in [-0.2, -0.15) is 0 Å². The lowest BCUT2D eigenvalue weighted by Gasteiger charge is -2.37. The van der Waals surface area contributed by atoms with Crippen LogP contribution in [0, 0.1) is 5.92 Å². The van der Waals surface area contributed by atoms with Gasteiger partial charge in [-0.05, 0) is 19.3 Å². The van der Waals surface area contributed by atoms with Crippen LogP contribution in [0.1, 0.15) is 46.5 Å². The third kappa shape index (κ3) is 3.28. The Labute approximate surface area is 81.7 Å². The quantitative estimate of drug-likeness (QED) is 0.686. The Bertz CT molecular complexity index is 154. The van der Waals surface area contributed by atoms with Gasteiger partial charge in [-0.1, -0.05) is 33.1 Å². The fourth-order valence-electron chi connectivity index (χ4n) is 2.20. The smallest absolute Gasteiger partial charge is 0.0610 e. The van der Waals surface area contributed by atoms with E-state index in [1.54, 1.807) is 0 Å². The molecule has 2 heteroatoms. The largest absolute Gasteiger partial charge is 0.394 e. The third-order valence-corrected chi connectivity index (χ3v) is 2.95. The molecule has 0 bridgehead atoms. The van der Waals surface area contributed by atoms with E-state index in [2.05, 4.69) is 26.1 Å². The van der Waals surface area contributed by atoms with Crippen LogP contribution >= 0.6 is 0 Å². The highest BCUT2D eigenvalue weighted by molar-refractivity contribution is 4.88. The first kappa shape index (κ1) is 11.0. The summed E-state index contributed by atoms with van der Waals surface area (Å²) >= 11 is 0. The van der Waals surface area contributed by atoms with Crippen molar-refractivity contribution in [1.82, 2.24) is 5.32 Å². The first-order valence-electron chi connectivity index (χ1n) is 5.44. The molecule has 0 radical (unpaired) electrons. The van der Waals surface area contributed by atoms with Gasteiger partial charge < -0.3 is 10.4 Å². The molecule has 1 atom stereocenters. The molecule has 1 aliphatic carbocycles. The molecule has 0 aromatic heterocycles. The van der Waals surface area contributed by atoms with Gasteiger partial charge in [-0.25, -0.2) is 0 Å². The molecule has 2 N–H and O–H groups in total. The maximum absolute atomic E-state index is 9.34. The highest BCUT2D eigenvalue weighted by atomic mass is 16.3. The summed E-state index contributed by atoms with van der Waals surface area (Å²) < 4.78 is 0. The molecule has 1 rings (SSSR count). The van der Waals surface area contributed by atoms with Gasteiger partial charge >= 0.3 is 0 Å². The van der Waals surface area contributed by atoms with Crippen LogP contribution in [-0.2, 0) is 0 Å². The number of hydrogen-bond donors (Lipinski definition) is 2. The molecule has 78 valence electrons. The SMILES string of the molecule is CC(C)NC(C)(CO)CC1CCC1. The molecule has 1 saturated carbocycles. The van der Waals surface area contributed by atoms with Gasteiger partial charge in [-0.15, -0.1) is 0 Å². The third-order valence-electron chi connectivity index (χ3n) is 2.95. The predicted molar refractivity (Wildman–Crippen MR) is 55.7 cm³/mol. The summed E-state index contributed by atoms with van der Waals surface area (Å²) in [7, 11) is 0. The molecular formula is C11H23NO. The molecule has 0 saturated heterocycles. The Kier molecular flexibility index (Phi) is 3.74. The molecule has 0 amide bonds. The van der Waals surface area contributed by atoms with E-state index < -0.39 is 0 Å². The molecule has 0 spiro atoms. The van der Waals surface area contributed by atoms with Gasteiger partial charge in [-0.3, -0.25) is 0 Å². The molecule has 2 nitrogen and oxygen atoms in total. The van der Waals surface area contributed by atoms with E-state index in [0.717, 1.165) is 12.3 Å². The Hall–Kier alpha value is -0.0800. The second kappa shape index (κ2) is 4.43. The maximum Gasteiger partial charge on any atom is 0.0610 e. The van der Waals surface area contributed by atoms with Gasteiger partial charge in [0.1, 0.15) is 0 Å². The molecule has 13 heavy (non-hydrogen) atoms. The van der Waals surface area contributed by atoms with Crippen LogP contribution in [0.4, 0.5) is 0 Å². The van der Waals surface area contributed by atoms with E-state index in [9.17, 15) is 5.11 Å². The van der Waals surface area contributed by atoms with Crippen molar-refractivity contribution in [2.75, 3.05) is 6.61 Å². The molecule has 0 aromatic rings. The van der Waals surface area contributed by atoms with E-state index in [4.69, 9.17) is 0 Å².